The van der Waals surface area contributed by atoms with Crippen LogP contribution in [0.1, 0.15) is 34.9 Å². The van der Waals surface area contributed by atoms with Gasteiger partial charge in [-0.2, -0.15) is 11.3 Å². The molecule has 0 aliphatic heterocycles. The number of aliphatic hydroxyl groups excluding tert-OH is 1. The quantitative estimate of drug-likeness (QED) is 0.825. The molecular weight excluding hydrogens is 298 g/mol. The highest BCUT2D eigenvalue weighted by atomic mass is 32.1. The molecule has 5 heteroatoms. The van der Waals surface area contributed by atoms with Crippen molar-refractivity contribution in [3.8, 4) is 5.75 Å². The Morgan fingerprint density at radius 2 is 2.18 bits per heavy atom. The van der Waals surface area contributed by atoms with Crippen LogP contribution in [0.25, 0.3) is 0 Å². The van der Waals surface area contributed by atoms with Crippen molar-refractivity contribution in [1.82, 2.24) is 5.32 Å². The van der Waals surface area contributed by atoms with Crippen LogP contribution in [0.5, 0.6) is 5.75 Å². The summed E-state index contributed by atoms with van der Waals surface area (Å²) in [4.78, 5) is 12.3. The molecule has 1 heterocycles. The number of aliphatic hydroxyl groups is 1. The minimum absolute atomic E-state index is 0.187. The highest BCUT2D eigenvalue weighted by Crippen LogP contribution is 2.30. The lowest BCUT2D eigenvalue weighted by Gasteiger charge is -2.13. The van der Waals surface area contributed by atoms with Crippen LogP contribution in [0, 0.1) is 5.92 Å². The van der Waals surface area contributed by atoms with Crippen molar-refractivity contribution in [3.05, 3.63) is 52.2 Å². The molecule has 116 valence electrons. The van der Waals surface area contributed by atoms with E-state index in [9.17, 15) is 9.90 Å². The van der Waals surface area contributed by atoms with E-state index in [0.717, 1.165) is 5.56 Å². The fourth-order valence-corrected chi connectivity index (χ4v) is 2.85. The number of hydrogen-bond acceptors (Lipinski definition) is 4. The monoisotopic (exact) mass is 317 g/mol. The molecule has 4 nitrogen and oxygen atoms in total. The van der Waals surface area contributed by atoms with Gasteiger partial charge in [0.05, 0.1) is 18.3 Å². The third-order valence-corrected chi connectivity index (χ3v) is 4.39. The fourth-order valence-electron chi connectivity index (χ4n) is 2.14. The zero-order valence-corrected chi connectivity index (χ0v) is 13.0. The average molecular weight is 317 g/mol. The number of hydrogen-bond donors (Lipinski definition) is 2. The molecule has 1 aliphatic rings. The van der Waals surface area contributed by atoms with Crippen LogP contribution in [-0.2, 0) is 0 Å². The predicted molar refractivity (Wildman–Crippen MR) is 86.3 cm³/mol. The summed E-state index contributed by atoms with van der Waals surface area (Å²) in [5, 5.41) is 16.6. The molecule has 2 aromatic rings. The lowest BCUT2D eigenvalue weighted by atomic mass is 10.1. The lowest BCUT2D eigenvalue weighted by Crippen LogP contribution is -2.28. The summed E-state index contributed by atoms with van der Waals surface area (Å²) in [6.45, 7) is 0.856. The molecule has 1 aromatic carbocycles. The Balaban J connectivity index is 1.59. The van der Waals surface area contributed by atoms with Crippen molar-refractivity contribution >= 4 is 17.2 Å². The molecule has 1 aromatic heterocycles. The van der Waals surface area contributed by atoms with Crippen LogP contribution in [0.15, 0.2) is 41.1 Å². The van der Waals surface area contributed by atoms with Crippen LogP contribution in [-0.4, -0.2) is 24.2 Å². The van der Waals surface area contributed by atoms with Crippen molar-refractivity contribution in [2.45, 2.75) is 18.9 Å². The summed E-state index contributed by atoms with van der Waals surface area (Å²) in [5.41, 5.74) is 1.34. The zero-order chi connectivity index (χ0) is 15.4. The first-order chi connectivity index (χ1) is 10.7. The molecule has 0 spiro atoms. The van der Waals surface area contributed by atoms with E-state index in [1.54, 1.807) is 6.07 Å². The highest BCUT2D eigenvalue weighted by Gasteiger charge is 2.23. The minimum Gasteiger partial charge on any atom is -0.492 e. The Kier molecular flexibility index (Phi) is 4.75. The lowest BCUT2D eigenvalue weighted by molar-refractivity contribution is 0.0912. The van der Waals surface area contributed by atoms with Crippen molar-refractivity contribution in [1.29, 1.82) is 0 Å². The molecule has 1 fully saturated rings. The Morgan fingerprint density at radius 1 is 1.36 bits per heavy atom. The summed E-state index contributed by atoms with van der Waals surface area (Å²) < 4.78 is 5.74. The number of thiophene rings is 1. The third-order valence-electron chi connectivity index (χ3n) is 3.69. The molecule has 1 amide bonds. The number of amides is 1. The number of rotatable bonds is 7. The maximum atomic E-state index is 12.3. The fraction of sp³-hybridized carbons (Fsp3) is 0.353. The van der Waals surface area contributed by atoms with Gasteiger partial charge in [0.2, 0.25) is 0 Å². The van der Waals surface area contributed by atoms with Gasteiger partial charge in [-0.3, -0.25) is 4.79 Å². The van der Waals surface area contributed by atoms with E-state index < -0.39 is 6.10 Å². The Morgan fingerprint density at radius 3 is 2.91 bits per heavy atom. The van der Waals surface area contributed by atoms with Gasteiger partial charge in [0.1, 0.15) is 5.75 Å². The molecule has 1 saturated carbocycles. The average Bonchev–Trinajstić information content (AvgIpc) is 3.21. The van der Waals surface area contributed by atoms with Crippen LogP contribution >= 0.6 is 11.3 Å². The Bertz CT molecular complexity index is 623. The highest BCUT2D eigenvalue weighted by molar-refractivity contribution is 7.07. The molecule has 2 N–H and O–H groups in total. The van der Waals surface area contributed by atoms with E-state index in [0.29, 0.717) is 23.8 Å². The van der Waals surface area contributed by atoms with Gasteiger partial charge in [0, 0.05) is 6.54 Å². The summed E-state index contributed by atoms with van der Waals surface area (Å²) in [6, 6.07) is 9.09. The van der Waals surface area contributed by atoms with Gasteiger partial charge in [-0.05, 0) is 53.3 Å². The van der Waals surface area contributed by atoms with Gasteiger partial charge in [0.25, 0.3) is 5.91 Å². The first-order valence-electron chi connectivity index (χ1n) is 7.44. The zero-order valence-electron chi connectivity index (χ0n) is 12.2. The van der Waals surface area contributed by atoms with Crippen LogP contribution in [0.4, 0.5) is 0 Å². The van der Waals surface area contributed by atoms with Gasteiger partial charge < -0.3 is 15.2 Å². The van der Waals surface area contributed by atoms with Gasteiger partial charge in [-0.15, -0.1) is 0 Å². The number of nitrogens with one attached hydrogen (secondary N) is 1. The first-order valence-corrected chi connectivity index (χ1v) is 8.38. The molecular formula is C17H19NO3S. The smallest absolute Gasteiger partial charge is 0.255 e. The predicted octanol–water partition coefficient (Wildman–Crippen LogP) is 3.00. The van der Waals surface area contributed by atoms with Gasteiger partial charge >= 0.3 is 0 Å². The largest absolute Gasteiger partial charge is 0.492 e. The Labute approximate surface area is 133 Å². The summed E-state index contributed by atoms with van der Waals surface area (Å²) in [7, 11) is 0. The van der Waals surface area contributed by atoms with E-state index in [-0.39, 0.29) is 12.5 Å². The summed E-state index contributed by atoms with van der Waals surface area (Å²) in [5.74, 6) is 1.02. The van der Waals surface area contributed by atoms with Crippen LogP contribution < -0.4 is 10.1 Å². The molecule has 0 bridgehead atoms. The van der Waals surface area contributed by atoms with Gasteiger partial charge in [-0.25, -0.2) is 0 Å². The number of para-hydroxylation sites is 1. The number of carbonyl (C=O) groups is 1. The molecule has 0 saturated heterocycles. The Hall–Kier alpha value is -1.85. The summed E-state index contributed by atoms with van der Waals surface area (Å²) in [6.07, 6.45) is 1.73. The normalized spacial score (nSPS) is 15.3. The maximum Gasteiger partial charge on any atom is 0.255 e. The van der Waals surface area contributed by atoms with Crippen molar-refractivity contribution in [2.75, 3.05) is 13.2 Å². The number of benzene rings is 1. The first kappa shape index (κ1) is 15.1. The number of carbonyl (C=O) groups excluding carboxylic acids is 1. The molecule has 1 atom stereocenters. The third kappa shape index (κ3) is 3.87. The van der Waals surface area contributed by atoms with Crippen molar-refractivity contribution < 1.29 is 14.6 Å². The van der Waals surface area contributed by atoms with E-state index >= 15 is 0 Å². The minimum atomic E-state index is -0.685. The van der Waals surface area contributed by atoms with Crippen molar-refractivity contribution in [2.24, 2.45) is 5.92 Å². The van der Waals surface area contributed by atoms with E-state index in [2.05, 4.69) is 5.32 Å². The van der Waals surface area contributed by atoms with E-state index in [1.807, 2.05) is 35.0 Å². The molecule has 1 aliphatic carbocycles. The second-order valence-corrected chi connectivity index (χ2v) is 6.31. The van der Waals surface area contributed by atoms with E-state index in [1.165, 1.54) is 24.2 Å². The molecule has 0 radical (unpaired) electrons. The maximum absolute atomic E-state index is 12.3. The van der Waals surface area contributed by atoms with Crippen LogP contribution in [0.2, 0.25) is 0 Å². The van der Waals surface area contributed by atoms with Crippen molar-refractivity contribution in [3.63, 3.8) is 0 Å². The van der Waals surface area contributed by atoms with E-state index in [4.69, 9.17) is 4.74 Å². The standard InChI is InChI=1S/C17H19NO3S/c19-15(13-7-8-22-11-13)9-18-17(20)14-3-1-2-4-16(14)21-10-12-5-6-12/h1-4,7-8,11-12,15,19H,5-6,9-10H2,(H,18,20). The second-order valence-electron chi connectivity index (χ2n) is 5.53. The topological polar surface area (TPSA) is 58.6 Å². The van der Waals surface area contributed by atoms with Gasteiger partial charge in [-0.1, -0.05) is 12.1 Å². The van der Waals surface area contributed by atoms with Gasteiger partial charge in [0.15, 0.2) is 0 Å². The second kappa shape index (κ2) is 6.94. The molecule has 22 heavy (non-hydrogen) atoms. The number of ether oxygens (including phenoxy) is 1. The van der Waals surface area contributed by atoms with Crippen LogP contribution in [0.3, 0.4) is 0 Å². The molecule has 1 unspecified atom stereocenters. The SMILES string of the molecule is O=C(NCC(O)c1ccsc1)c1ccccc1OCC1CC1. The molecule has 3 rings (SSSR count). The summed E-state index contributed by atoms with van der Waals surface area (Å²) >= 11 is 1.52.